The van der Waals surface area contributed by atoms with Gasteiger partial charge in [0, 0.05) is 12.0 Å². The molecule has 0 fully saturated rings. The van der Waals surface area contributed by atoms with Gasteiger partial charge in [0.05, 0.1) is 16.7 Å². The molecule has 0 radical (unpaired) electrons. The van der Waals surface area contributed by atoms with Crippen molar-refractivity contribution in [2.75, 3.05) is 10.0 Å². The van der Waals surface area contributed by atoms with E-state index in [0.717, 1.165) is 28.1 Å². The molecular formula is C19H20N4O2. The van der Waals surface area contributed by atoms with Crippen LogP contribution in [0.5, 0.6) is 0 Å². The Morgan fingerprint density at radius 2 is 1.72 bits per heavy atom. The zero-order valence-corrected chi connectivity index (χ0v) is 14.8. The number of rotatable bonds is 2. The molecule has 25 heavy (non-hydrogen) atoms. The minimum Gasteiger partial charge on any atom is -0.273 e. The van der Waals surface area contributed by atoms with Gasteiger partial charge in [-0.3, -0.25) is 9.73 Å². The SMILES string of the molecule is CCC(=O)N1c2ccccc2N2C(c3c(C)cc(C)cc3C)=NON12. The minimum absolute atomic E-state index is 0.0521. The first-order valence-corrected chi connectivity index (χ1v) is 8.38. The molecule has 2 aromatic carbocycles. The van der Waals surface area contributed by atoms with Crippen molar-refractivity contribution in [1.29, 1.82) is 0 Å². The van der Waals surface area contributed by atoms with Gasteiger partial charge in [-0.2, -0.15) is 10.0 Å². The van der Waals surface area contributed by atoms with Crippen molar-refractivity contribution in [3.8, 4) is 0 Å². The molecule has 4 rings (SSSR count). The Balaban J connectivity index is 1.85. The van der Waals surface area contributed by atoms with Crippen LogP contribution in [0.2, 0.25) is 0 Å². The third-order valence-corrected chi connectivity index (χ3v) is 4.52. The fourth-order valence-corrected chi connectivity index (χ4v) is 3.54. The van der Waals surface area contributed by atoms with Crippen molar-refractivity contribution in [2.24, 2.45) is 5.16 Å². The molecule has 0 bridgehead atoms. The van der Waals surface area contributed by atoms with Gasteiger partial charge in [-0.05, 0) is 49.2 Å². The quantitative estimate of drug-likeness (QED) is 0.840. The highest BCUT2D eigenvalue weighted by atomic mass is 16.9. The van der Waals surface area contributed by atoms with Gasteiger partial charge in [-0.1, -0.05) is 36.8 Å². The number of nitrogens with zero attached hydrogens (tertiary/aromatic N) is 4. The van der Waals surface area contributed by atoms with Crippen LogP contribution in [0.3, 0.4) is 0 Å². The van der Waals surface area contributed by atoms with Gasteiger partial charge in [-0.15, -0.1) is 0 Å². The van der Waals surface area contributed by atoms with Crippen LogP contribution in [0.1, 0.15) is 35.6 Å². The van der Waals surface area contributed by atoms with E-state index in [-0.39, 0.29) is 5.91 Å². The Kier molecular flexibility index (Phi) is 3.51. The van der Waals surface area contributed by atoms with Crippen LogP contribution in [0.25, 0.3) is 0 Å². The summed E-state index contributed by atoms with van der Waals surface area (Å²) in [4.78, 5) is 18.0. The molecular weight excluding hydrogens is 316 g/mol. The lowest BCUT2D eigenvalue weighted by atomic mass is 9.98. The van der Waals surface area contributed by atoms with E-state index in [1.807, 2.05) is 36.2 Å². The minimum atomic E-state index is -0.0521. The number of anilines is 2. The molecule has 2 aliphatic heterocycles. The van der Waals surface area contributed by atoms with Gasteiger partial charge in [0.25, 0.3) is 0 Å². The van der Waals surface area contributed by atoms with E-state index >= 15 is 0 Å². The Bertz CT molecular complexity index is 883. The molecule has 128 valence electrons. The maximum atomic E-state index is 12.5. The van der Waals surface area contributed by atoms with Gasteiger partial charge in [0.15, 0.2) is 0 Å². The van der Waals surface area contributed by atoms with E-state index in [1.165, 1.54) is 15.9 Å². The maximum absolute atomic E-state index is 12.5. The lowest BCUT2D eigenvalue weighted by Crippen LogP contribution is -2.49. The van der Waals surface area contributed by atoms with Crippen molar-refractivity contribution in [1.82, 2.24) is 5.28 Å². The zero-order chi connectivity index (χ0) is 17.7. The number of hydrogen-bond donors (Lipinski definition) is 0. The van der Waals surface area contributed by atoms with Crippen molar-refractivity contribution >= 4 is 23.1 Å². The zero-order valence-electron chi connectivity index (χ0n) is 14.8. The molecule has 0 unspecified atom stereocenters. The fourth-order valence-electron chi connectivity index (χ4n) is 3.54. The molecule has 2 heterocycles. The van der Waals surface area contributed by atoms with E-state index in [2.05, 4.69) is 38.1 Å². The molecule has 0 saturated heterocycles. The van der Waals surface area contributed by atoms with Gasteiger partial charge in [0.1, 0.15) is 0 Å². The molecule has 6 nitrogen and oxygen atoms in total. The summed E-state index contributed by atoms with van der Waals surface area (Å²) in [7, 11) is 0. The van der Waals surface area contributed by atoms with Crippen molar-refractivity contribution in [2.45, 2.75) is 34.1 Å². The van der Waals surface area contributed by atoms with Crippen LogP contribution in [-0.4, -0.2) is 17.0 Å². The Morgan fingerprint density at radius 1 is 1.08 bits per heavy atom. The number of oxime groups is 1. The summed E-state index contributed by atoms with van der Waals surface area (Å²) in [6.45, 7) is 8.05. The number of carbonyl (C=O) groups is 1. The molecule has 2 aromatic rings. The number of benzene rings is 2. The highest BCUT2D eigenvalue weighted by Crippen LogP contribution is 2.43. The summed E-state index contributed by atoms with van der Waals surface area (Å²) in [5.41, 5.74) is 6.15. The Morgan fingerprint density at radius 3 is 2.36 bits per heavy atom. The molecule has 0 aliphatic carbocycles. The molecule has 0 spiro atoms. The molecule has 6 heteroatoms. The smallest absolute Gasteiger partial charge is 0.245 e. The second kappa shape index (κ2) is 5.60. The lowest BCUT2D eigenvalue weighted by Gasteiger charge is -2.24. The van der Waals surface area contributed by atoms with Crippen LogP contribution in [-0.2, 0) is 9.73 Å². The highest BCUT2D eigenvalue weighted by molar-refractivity contribution is 6.15. The molecule has 0 saturated carbocycles. The monoisotopic (exact) mass is 336 g/mol. The van der Waals surface area contributed by atoms with Gasteiger partial charge < -0.3 is 0 Å². The summed E-state index contributed by atoms with van der Waals surface area (Å²) in [5, 5.41) is 9.10. The van der Waals surface area contributed by atoms with E-state index in [0.29, 0.717) is 12.3 Å². The summed E-state index contributed by atoms with van der Waals surface area (Å²) < 4.78 is 0. The predicted molar refractivity (Wildman–Crippen MR) is 96.8 cm³/mol. The number of fused-ring (bicyclic) bond motifs is 3. The third-order valence-electron chi connectivity index (χ3n) is 4.52. The summed E-state index contributed by atoms with van der Waals surface area (Å²) in [5.74, 6) is 0.637. The molecule has 0 atom stereocenters. The van der Waals surface area contributed by atoms with E-state index in [1.54, 1.807) is 0 Å². The summed E-state index contributed by atoms with van der Waals surface area (Å²) in [6.07, 6.45) is 0.375. The summed E-state index contributed by atoms with van der Waals surface area (Å²) in [6, 6.07) is 12.0. The number of hydrogen-bond acceptors (Lipinski definition) is 5. The number of hydrazine groups is 2. The highest BCUT2D eigenvalue weighted by Gasteiger charge is 2.46. The topological polar surface area (TPSA) is 48.4 Å². The number of para-hydroxylation sites is 2. The molecule has 2 aliphatic rings. The molecule has 1 amide bonds. The number of aryl methyl sites for hydroxylation is 3. The number of carbonyl (C=O) groups excluding carboxylic acids is 1. The van der Waals surface area contributed by atoms with Crippen molar-refractivity contribution in [3.05, 3.63) is 58.7 Å². The van der Waals surface area contributed by atoms with E-state index in [4.69, 9.17) is 4.94 Å². The Hall–Kier alpha value is -2.86. The molecule has 0 aromatic heterocycles. The van der Waals surface area contributed by atoms with E-state index in [9.17, 15) is 4.79 Å². The average molecular weight is 336 g/mol. The fraction of sp³-hybridized carbons (Fsp3) is 0.263. The Labute approximate surface area is 146 Å². The first-order chi connectivity index (χ1) is 12.0. The second-order valence-corrected chi connectivity index (χ2v) is 6.38. The summed E-state index contributed by atoms with van der Waals surface area (Å²) >= 11 is 0. The first kappa shape index (κ1) is 15.7. The number of amides is 1. The second-order valence-electron chi connectivity index (χ2n) is 6.38. The van der Waals surface area contributed by atoms with Gasteiger partial charge in [-0.25, -0.2) is 0 Å². The van der Waals surface area contributed by atoms with Gasteiger partial charge >= 0.3 is 0 Å². The van der Waals surface area contributed by atoms with Crippen LogP contribution in [0, 0.1) is 20.8 Å². The first-order valence-electron chi connectivity index (χ1n) is 8.38. The maximum Gasteiger partial charge on any atom is 0.245 e. The van der Waals surface area contributed by atoms with E-state index < -0.39 is 0 Å². The largest absolute Gasteiger partial charge is 0.273 e. The predicted octanol–water partition coefficient (Wildman–Crippen LogP) is 3.61. The third kappa shape index (κ3) is 2.21. The van der Waals surface area contributed by atoms with Crippen LogP contribution in [0.4, 0.5) is 11.4 Å². The van der Waals surface area contributed by atoms with Crippen LogP contribution in [0.15, 0.2) is 41.6 Å². The van der Waals surface area contributed by atoms with Gasteiger partial charge in [0.2, 0.25) is 11.7 Å². The normalized spacial score (nSPS) is 15.8. The van der Waals surface area contributed by atoms with Crippen molar-refractivity contribution < 1.29 is 9.73 Å². The standard InChI is InChI=1S/C19H20N4O2/c1-5-17(24)21-15-8-6-7-9-16(15)22-19(20-25-23(21)22)18-13(3)10-12(2)11-14(18)4/h6-11H,5H2,1-4H3. The van der Waals surface area contributed by atoms with Crippen LogP contribution >= 0.6 is 0 Å². The van der Waals surface area contributed by atoms with Crippen molar-refractivity contribution in [3.63, 3.8) is 0 Å². The number of amidine groups is 1. The molecule has 0 N–H and O–H groups in total. The average Bonchev–Trinajstić information content (AvgIpc) is 3.12. The lowest BCUT2D eigenvalue weighted by molar-refractivity contribution is -0.158. The van der Waals surface area contributed by atoms with Crippen LogP contribution < -0.4 is 10.0 Å².